The van der Waals surface area contributed by atoms with E-state index >= 15 is 0 Å². The molecule has 6 heteroatoms. The van der Waals surface area contributed by atoms with Gasteiger partial charge >= 0.3 is 0 Å². The van der Waals surface area contributed by atoms with Crippen LogP contribution in [-0.4, -0.2) is 38.7 Å². The van der Waals surface area contributed by atoms with Crippen LogP contribution in [0, 0.1) is 0 Å². The monoisotopic (exact) mass is 286 g/mol. The lowest BCUT2D eigenvalue weighted by Crippen LogP contribution is -2.35. The lowest BCUT2D eigenvalue weighted by molar-refractivity contribution is -0.132. The first kappa shape index (κ1) is 13.6. The summed E-state index contributed by atoms with van der Waals surface area (Å²) >= 11 is 0. The molecule has 1 amide bonds. The lowest BCUT2D eigenvalue weighted by Gasteiger charge is -2.24. The van der Waals surface area contributed by atoms with Crippen LogP contribution in [0.25, 0.3) is 0 Å². The van der Waals surface area contributed by atoms with E-state index in [1.54, 1.807) is 17.1 Å². The van der Waals surface area contributed by atoms with Gasteiger partial charge in [0.2, 0.25) is 5.91 Å². The van der Waals surface area contributed by atoms with Crippen LogP contribution >= 0.6 is 0 Å². The zero-order chi connectivity index (χ0) is 14.7. The molecule has 1 fully saturated rings. The van der Waals surface area contributed by atoms with Crippen LogP contribution < -0.4 is 5.48 Å². The summed E-state index contributed by atoms with van der Waals surface area (Å²) in [6.07, 6.45) is 5.30. The number of hydrogen-bond donors (Lipinski definition) is 2. The van der Waals surface area contributed by atoms with Gasteiger partial charge < -0.3 is 9.47 Å². The maximum atomic E-state index is 12.8. The van der Waals surface area contributed by atoms with E-state index < -0.39 is 6.04 Å². The van der Waals surface area contributed by atoms with Crippen LogP contribution in [0.4, 0.5) is 5.82 Å². The zero-order valence-corrected chi connectivity index (χ0v) is 11.6. The van der Waals surface area contributed by atoms with Crippen molar-refractivity contribution < 1.29 is 10.0 Å². The minimum Gasteiger partial charge on any atom is -0.341 e. The topological polar surface area (TPSA) is 70.4 Å². The molecule has 1 aromatic heterocycles. The third-order valence-corrected chi connectivity index (χ3v) is 3.78. The summed E-state index contributed by atoms with van der Waals surface area (Å²) < 4.78 is 1.73. The van der Waals surface area contributed by atoms with Crippen molar-refractivity contribution in [3.05, 3.63) is 48.4 Å². The van der Waals surface area contributed by atoms with Crippen LogP contribution in [0.15, 0.2) is 42.9 Å². The number of nitrogens with one attached hydrogen (secondary N) is 1. The molecule has 0 spiro atoms. The SMILES string of the molecule is O=C(C(c1ccccc1)n1cnc(NO)c1)N1CCCC1. The molecule has 3 rings (SSSR count). The highest BCUT2D eigenvalue weighted by Crippen LogP contribution is 2.24. The number of aromatic nitrogens is 2. The van der Waals surface area contributed by atoms with Crippen LogP contribution in [-0.2, 0) is 4.79 Å². The van der Waals surface area contributed by atoms with Gasteiger partial charge in [-0.1, -0.05) is 30.3 Å². The number of carbonyl (C=O) groups is 1. The highest BCUT2D eigenvalue weighted by molar-refractivity contribution is 5.84. The van der Waals surface area contributed by atoms with Crippen molar-refractivity contribution in [3.63, 3.8) is 0 Å². The number of amides is 1. The van der Waals surface area contributed by atoms with Crippen LogP contribution in [0.5, 0.6) is 0 Å². The quantitative estimate of drug-likeness (QED) is 0.842. The number of imidazole rings is 1. The molecule has 2 N–H and O–H groups in total. The van der Waals surface area contributed by atoms with Crippen LogP contribution in [0.2, 0.25) is 0 Å². The number of anilines is 1. The smallest absolute Gasteiger partial charge is 0.250 e. The average molecular weight is 286 g/mol. The Kier molecular flexibility index (Phi) is 3.87. The maximum Gasteiger partial charge on any atom is 0.250 e. The number of nitrogens with zero attached hydrogens (tertiary/aromatic N) is 3. The predicted molar refractivity (Wildman–Crippen MR) is 78.0 cm³/mol. The second kappa shape index (κ2) is 5.97. The summed E-state index contributed by atoms with van der Waals surface area (Å²) in [4.78, 5) is 18.8. The van der Waals surface area contributed by atoms with Gasteiger partial charge in [-0.25, -0.2) is 4.98 Å². The Morgan fingerprint density at radius 2 is 1.95 bits per heavy atom. The maximum absolute atomic E-state index is 12.8. The van der Waals surface area contributed by atoms with E-state index in [1.807, 2.05) is 40.7 Å². The minimum atomic E-state index is -0.445. The van der Waals surface area contributed by atoms with Gasteiger partial charge in [-0.3, -0.25) is 15.5 Å². The number of benzene rings is 1. The summed E-state index contributed by atoms with van der Waals surface area (Å²) in [5.74, 6) is 0.394. The van der Waals surface area contributed by atoms with Gasteiger partial charge in [0.25, 0.3) is 0 Å². The zero-order valence-electron chi connectivity index (χ0n) is 11.6. The highest BCUT2D eigenvalue weighted by atomic mass is 16.5. The molecule has 0 radical (unpaired) electrons. The van der Waals surface area contributed by atoms with E-state index in [9.17, 15) is 4.79 Å². The fourth-order valence-electron chi connectivity index (χ4n) is 2.72. The molecular weight excluding hydrogens is 268 g/mol. The Morgan fingerprint density at radius 3 is 2.57 bits per heavy atom. The van der Waals surface area contributed by atoms with Crippen molar-refractivity contribution in [2.75, 3.05) is 18.6 Å². The van der Waals surface area contributed by atoms with Gasteiger partial charge in [-0.05, 0) is 18.4 Å². The summed E-state index contributed by atoms with van der Waals surface area (Å²) in [6.45, 7) is 1.62. The molecule has 6 nitrogen and oxygen atoms in total. The highest BCUT2D eigenvalue weighted by Gasteiger charge is 2.29. The molecule has 0 aliphatic carbocycles. The summed E-state index contributed by atoms with van der Waals surface area (Å²) in [5.41, 5.74) is 2.92. The van der Waals surface area contributed by atoms with Gasteiger partial charge in [0, 0.05) is 13.1 Å². The standard InChI is InChI=1S/C15H18N4O2/c20-15(18-8-4-5-9-18)14(12-6-2-1-3-7-12)19-10-13(17-21)16-11-19/h1-3,6-7,10-11,14,17,21H,4-5,8-9H2. The van der Waals surface area contributed by atoms with E-state index in [0.29, 0.717) is 5.82 Å². The molecule has 1 atom stereocenters. The molecule has 21 heavy (non-hydrogen) atoms. The van der Waals surface area contributed by atoms with Crippen molar-refractivity contribution in [1.82, 2.24) is 14.5 Å². The van der Waals surface area contributed by atoms with Crippen molar-refractivity contribution >= 4 is 11.7 Å². The number of carbonyl (C=O) groups excluding carboxylic acids is 1. The molecule has 1 saturated heterocycles. The Balaban J connectivity index is 1.96. The first-order chi connectivity index (χ1) is 10.3. The third kappa shape index (κ3) is 2.75. The van der Waals surface area contributed by atoms with E-state index in [2.05, 4.69) is 4.98 Å². The molecule has 0 saturated carbocycles. The Labute approximate surface area is 123 Å². The molecule has 2 aromatic rings. The first-order valence-corrected chi connectivity index (χ1v) is 7.07. The molecule has 0 bridgehead atoms. The van der Waals surface area contributed by atoms with Crippen LogP contribution in [0.3, 0.4) is 0 Å². The van der Waals surface area contributed by atoms with Crippen molar-refractivity contribution in [2.45, 2.75) is 18.9 Å². The van der Waals surface area contributed by atoms with Crippen molar-refractivity contribution in [2.24, 2.45) is 0 Å². The fraction of sp³-hybridized carbons (Fsp3) is 0.333. The number of likely N-dealkylation sites (tertiary alicyclic amines) is 1. The van der Waals surface area contributed by atoms with E-state index in [1.165, 1.54) is 0 Å². The number of hydrogen-bond acceptors (Lipinski definition) is 4. The van der Waals surface area contributed by atoms with Gasteiger partial charge in [-0.15, -0.1) is 0 Å². The van der Waals surface area contributed by atoms with Gasteiger partial charge in [0.1, 0.15) is 6.04 Å². The number of rotatable bonds is 4. The average Bonchev–Trinajstić information content (AvgIpc) is 3.20. The van der Waals surface area contributed by atoms with E-state index in [4.69, 9.17) is 5.21 Å². The largest absolute Gasteiger partial charge is 0.341 e. The second-order valence-corrected chi connectivity index (χ2v) is 5.16. The second-order valence-electron chi connectivity index (χ2n) is 5.16. The van der Waals surface area contributed by atoms with Crippen molar-refractivity contribution in [1.29, 1.82) is 0 Å². The van der Waals surface area contributed by atoms with E-state index in [0.717, 1.165) is 31.5 Å². The van der Waals surface area contributed by atoms with Crippen LogP contribution in [0.1, 0.15) is 24.4 Å². The summed E-state index contributed by atoms with van der Waals surface area (Å²) in [6, 6.07) is 9.19. The van der Waals surface area contributed by atoms with E-state index in [-0.39, 0.29) is 5.91 Å². The Morgan fingerprint density at radius 1 is 1.24 bits per heavy atom. The molecule has 1 unspecified atom stereocenters. The lowest BCUT2D eigenvalue weighted by atomic mass is 10.1. The minimum absolute atomic E-state index is 0.0700. The normalized spacial score (nSPS) is 16.0. The molecule has 1 aliphatic rings. The van der Waals surface area contributed by atoms with Gasteiger partial charge in [0.05, 0.1) is 12.5 Å². The predicted octanol–water partition coefficient (Wildman–Crippen LogP) is 1.90. The van der Waals surface area contributed by atoms with Gasteiger partial charge in [0.15, 0.2) is 5.82 Å². The Hall–Kier alpha value is -2.34. The van der Waals surface area contributed by atoms with Gasteiger partial charge in [-0.2, -0.15) is 0 Å². The molecule has 2 heterocycles. The molecule has 1 aromatic carbocycles. The molecule has 110 valence electrons. The fourth-order valence-corrected chi connectivity index (χ4v) is 2.72. The molecular formula is C15H18N4O2. The Bertz CT molecular complexity index is 605. The summed E-state index contributed by atoms with van der Waals surface area (Å²) in [5, 5.41) is 8.93. The first-order valence-electron chi connectivity index (χ1n) is 7.07. The third-order valence-electron chi connectivity index (χ3n) is 3.78. The van der Waals surface area contributed by atoms with Crippen molar-refractivity contribution in [3.8, 4) is 0 Å². The molecule has 1 aliphatic heterocycles. The summed E-state index contributed by atoms with van der Waals surface area (Å²) in [7, 11) is 0.